The van der Waals surface area contributed by atoms with E-state index in [1.165, 1.54) is 0 Å². The molecule has 0 fully saturated rings. The Morgan fingerprint density at radius 2 is 1.60 bits per heavy atom. The summed E-state index contributed by atoms with van der Waals surface area (Å²) in [5, 5.41) is 0.832. The smallest absolute Gasteiger partial charge is 0.343 e. The first kappa shape index (κ1) is 16.8. The lowest BCUT2D eigenvalue weighted by atomic mass is 10.0. The van der Waals surface area contributed by atoms with Gasteiger partial charge in [0.2, 0.25) is 0 Å². The molecular formula is C20H18O5. The fourth-order valence-electron chi connectivity index (χ4n) is 2.62. The first-order chi connectivity index (χ1) is 11.9. The van der Waals surface area contributed by atoms with Gasteiger partial charge in [-0.3, -0.25) is 0 Å². The second kappa shape index (κ2) is 6.43. The van der Waals surface area contributed by atoms with Crippen LogP contribution in [0.4, 0.5) is 0 Å². The molecule has 0 saturated carbocycles. The van der Waals surface area contributed by atoms with E-state index in [0.717, 1.165) is 10.9 Å². The minimum Gasteiger partial charge on any atom is -0.497 e. The van der Waals surface area contributed by atoms with Gasteiger partial charge in [-0.1, -0.05) is 0 Å². The molecule has 0 unspecified atom stereocenters. The van der Waals surface area contributed by atoms with Crippen molar-refractivity contribution >= 4 is 16.9 Å². The lowest BCUT2D eigenvalue weighted by molar-refractivity contribution is 0.0733. The molecule has 3 aromatic rings. The Kier molecular flexibility index (Phi) is 4.31. The summed E-state index contributed by atoms with van der Waals surface area (Å²) < 4.78 is 16.0. The molecule has 25 heavy (non-hydrogen) atoms. The number of hydrogen-bond acceptors (Lipinski definition) is 5. The first-order valence-corrected chi connectivity index (χ1v) is 7.82. The van der Waals surface area contributed by atoms with Gasteiger partial charge in [0.05, 0.1) is 12.7 Å². The summed E-state index contributed by atoms with van der Waals surface area (Å²) in [6.07, 6.45) is 0. The molecule has 0 aliphatic carbocycles. The molecule has 128 valence electrons. The van der Waals surface area contributed by atoms with Crippen molar-refractivity contribution in [3.05, 3.63) is 69.1 Å². The number of aryl methyl sites for hydroxylation is 2. The molecule has 0 radical (unpaired) electrons. The van der Waals surface area contributed by atoms with Gasteiger partial charge in [0.15, 0.2) is 0 Å². The monoisotopic (exact) mass is 338 g/mol. The van der Waals surface area contributed by atoms with Crippen LogP contribution in [0.1, 0.15) is 27.0 Å². The van der Waals surface area contributed by atoms with E-state index in [1.807, 2.05) is 6.92 Å². The van der Waals surface area contributed by atoms with E-state index in [2.05, 4.69) is 0 Å². The molecule has 0 aliphatic heterocycles. The third-order valence-corrected chi connectivity index (χ3v) is 4.35. The molecule has 2 aromatic carbocycles. The average molecular weight is 338 g/mol. The molecular weight excluding hydrogens is 320 g/mol. The van der Waals surface area contributed by atoms with Gasteiger partial charge in [0.25, 0.3) is 0 Å². The van der Waals surface area contributed by atoms with Gasteiger partial charge >= 0.3 is 11.6 Å². The summed E-state index contributed by atoms with van der Waals surface area (Å²) in [6.45, 7) is 5.36. The predicted octanol–water partition coefficient (Wildman–Crippen LogP) is 3.95. The average Bonchev–Trinajstić information content (AvgIpc) is 2.62. The lowest BCUT2D eigenvalue weighted by Gasteiger charge is -2.11. The van der Waals surface area contributed by atoms with E-state index in [4.69, 9.17) is 13.9 Å². The van der Waals surface area contributed by atoms with E-state index < -0.39 is 5.97 Å². The molecule has 0 amide bonds. The molecule has 5 heteroatoms. The minimum absolute atomic E-state index is 0.361. The van der Waals surface area contributed by atoms with E-state index in [1.54, 1.807) is 57.4 Å². The minimum atomic E-state index is -0.490. The summed E-state index contributed by atoms with van der Waals surface area (Å²) in [4.78, 5) is 24.3. The van der Waals surface area contributed by atoms with Gasteiger partial charge in [-0.2, -0.15) is 0 Å². The van der Waals surface area contributed by atoms with Crippen LogP contribution in [-0.4, -0.2) is 13.1 Å². The van der Waals surface area contributed by atoms with Crippen molar-refractivity contribution in [2.75, 3.05) is 7.11 Å². The van der Waals surface area contributed by atoms with Gasteiger partial charge < -0.3 is 13.9 Å². The van der Waals surface area contributed by atoms with Gasteiger partial charge in [-0.05, 0) is 62.7 Å². The van der Waals surface area contributed by atoms with Crippen LogP contribution in [0.25, 0.3) is 11.0 Å². The highest BCUT2D eigenvalue weighted by Gasteiger charge is 2.16. The highest BCUT2D eigenvalue weighted by Crippen LogP contribution is 2.29. The highest BCUT2D eigenvalue weighted by molar-refractivity contribution is 5.93. The predicted molar refractivity (Wildman–Crippen MR) is 94.6 cm³/mol. The number of benzene rings is 2. The second-order valence-corrected chi connectivity index (χ2v) is 5.82. The number of hydrogen-bond donors (Lipinski definition) is 0. The van der Waals surface area contributed by atoms with Gasteiger partial charge in [-0.15, -0.1) is 0 Å². The van der Waals surface area contributed by atoms with Gasteiger partial charge in [-0.25, -0.2) is 9.59 Å². The number of fused-ring (bicyclic) bond motifs is 1. The van der Waals surface area contributed by atoms with E-state index >= 15 is 0 Å². The van der Waals surface area contributed by atoms with Crippen molar-refractivity contribution in [1.82, 2.24) is 0 Å². The normalized spacial score (nSPS) is 10.7. The maximum Gasteiger partial charge on any atom is 0.343 e. The topological polar surface area (TPSA) is 65.7 Å². The zero-order valence-electron chi connectivity index (χ0n) is 14.5. The fourth-order valence-corrected chi connectivity index (χ4v) is 2.62. The van der Waals surface area contributed by atoms with Crippen LogP contribution in [0.15, 0.2) is 45.6 Å². The molecule has 1 aromatic heterocycles. The van der Waals surface area contributed by atoms with Crippen molar-refractivity contribution < 1.29 is 18.7 Å². The highest BCUT2D eigenvalue weighted by atomic mass is 16.5. The zero-order chi connectivity index (χ0) is 18.1. The van der Waals surface area contributed by atoms with E-state index in [0.29, 0.717) is 33.8 Å². The van der Waals surface area contributed by atoms with Crippen molar-refractivity contribution in [2.45, 2.75) is 20.8 Å². The Balaban J connectivity index is 1.98. The molecule has 3 rings (SSSR count). The fraction of sp³-hybridized carbons (Fsp3) is 0.200. The first-order valence-electron chi connectivity index (χ1n) is 7.82. The summed E-state index contributed by atoms with van der Waals surface area (Å²) in [5.41, 5.74) is 2.51. The Bertz CT molecular complexity index is 1010. The van der Waals surface area contributed by atoms with Crippen molar-refractivity contribution in [1.29, 1.82) is 0 Å². The molecule has 0 saturated heterocycles. The Labute approximate surface area is 144 Å². The van der Waals surface area contributed by atoms with E-state index in [-0.39, 0.29) is 5.63 Å². The number of methoxy groups -OCH3 is 1. The number of carbonyl (C=O) groups excluding carboxylic acids is 1. The molecule has 0 bridgehead atoms. The van der Waals surface area contributed by atoms with E-state index in [9.17, 15) is 9.59 Å². The number of carbonyl (C=O) groups is 1. The van der Waals surface area contributed by atoms with Crippen LogP contribution in [0.2, 0.25) is 0 Å². The third kappa shape index (κ3) is 3.01. The van der Waals surface area contributed by atoms with Gasteiger partial charge in [0, 0.05) is 16.5 Å². The molecule has 0 atom stereocenters. The number of rotatable bonds is 3. The lowest BCUT2D eigenvalue weighted by Crippen LogP contribution is -2.10. The molecule has 0 N–H and O–H groups in total. The maximum atomic E-state index is 12.3. The van der Waals surface area contributed by atoms with Crippen LogP contribution in [-0.2, 0) is 0 Å². The Hall–Kier alpha value is -3.08. The summed E-state index contributed by atoms with van der Waals surface area (Å²) in [5.74, 6) is 0.530. The van der Waals surface area contributed by atoms with Crippen molar-refractivity contribution in [2.24, 2.45) is 0 Å². The van der Waals surface area contributed by atoms with Gasteiger partial charge in [0.1, 0.15) is 17.1 Å². The Morgan fingerprint density at radius 3 is 2.24 bits per heavy atom. The standard InChI is InChI=1S/C20H18O5/c1-11-12(2)19(21)25-18-13(3)17(10-9-16(11)18)24-20(22)14-5-7-15(23-4)8-6-14/h5-10H,1-4H3. The van der Waals surface area contributed by atoms with Crippen molar-refractivity contribution in [3.8, 4) is 11.5 Å². The largest absolute Gasteiger partial charge is 0.497 e. The summed E-state index contributed by atoms with van der Waals surface area (Å²) in [6, 6.07) is 10.1. The SMILES string of the molecule is COc1ccc(C(=O)Oc2ccc3c(C)c(C)c(=O)oc3c2C)cc1. The molecule has 0 spiro atoms. The molecule has 0 aliphatic rings. The maximum absolute atomic E-state index is 12.3. The van der Waals surface area contributed by atoms with Crippen LogP contribution >= 0.6 is 0 Å². The third-order valence-electron chi connectivity index (χ3n) is 4.35. The quantitative estimate of drug-likeness (QED) is 0.411. The Morgan fingerprint density at radius 1 is 0.920 bits per heavy atom. The number of esters is 1. The molecule has 1 heterocycles. The van der Waals surface area contributed by atoms with Crippen LogP contribution < -0.4 is 15.1 Å². The zero-order valence-corrected chi connectivity index (χ0v) is 14.5. The summed E-state index contributed by atoms with van der Waals surface area (Å²) >= 11 is 0. The van der Waals surface area contributed by atoms with Crippen LogP contribution in [0, 0.1) is 20.8 Å². The van der Waals surface area contributed by atoms with Crippen LogP contribution in [0.3, 0.4) is 0 Å². The molecule has 5 nitrogen and oxygen atoms in total. The number of ether oxygens (including phenoxy) is 2. The van der Waals surface area contributed by atoms with Crippen LogP contribution in [0.5, 0.6) is 11.5 Å². The van der Waals surface area contributed by atoms with Crippen molar-refractivity contribution in [3.63, 3.8) is 0 Å². The second-order valence-electron chi connectivity index (χ2n) is 5.82. The summed E-state index contributed by atoms with van der Waals surface area (Å²) in [7, 11) is 1.56.